The number of nitrogens with one attached hydrogen (secondary N) is 2. The highest BCUT2D eigenvalue weighted by atomic mass is 16.1. The van der Waals surface area contributed by atoms with Gasteiger partial charge in [0.1, 0.15) is 5.82 Å². The third-order valence-corrected chi connectivity index (χ3v) is 3.75. The van der Waals surface area contributed by atoms with E-state index in [1.54, 1.807) is 0 Å². The minimum atomic E-state index is 0.0149. The van der Waals surface area contributed by atoms with Crippen LogP contribution < -0.4 is 10.6 Å². The molecule has 1 amide bonds. The van der Waals surface area contributed by atoms with E-state index in [-0.39, 0.29) is 11.9 Å². The summed E-state index contributed by atoms with van der Waals surface area (Å²) in [4.78, 5) is 16.8. The van der Waals surface area contributed by atoms with Crippen LogP contribution >= 0.6 is 0 Å². The van der Waals surface area contributed by atoms with Crippen LogP contribution in [0.1, 0.15) is 56.1 Å². The minimum absolute atomic E-state index is 0.0149. The Hall–Kier alpha value is -1.58. The Morgan fingerprint density at radius 1 is 1.40 bits per heavy atom. The molecule has 1 fully saturated rings. The van der Waals surface area contributed by atoms with Gasteiger partial charge in [-0.25, -0.2) is 4.98 Å². The zero-order valence-corrected chi connectivity index (χ0v) is 12.7. The Kier molecular flexibility index (Phi) is 4.99. The van der Waals surface area contributed by atoms with Crippen molar-refractivity contribution in [3.05, 3.63) is 23.4 Å². The van der Waals surface area contributed by atoms with E-state index in [9.17, 15) is 4.79 Å². The van der Waals surface area contributed by atoms with E-state index in [0.29, 0.717) is 11.5 Å². The first kappa shape index (κ1) is 14.8. The first-order valence-electron chi connectivity index (χ1n) is 7.69. The van der Waals surface area contributed by atoms with Gasteiger partial charge in [-0.05, 0) is 50.7 Å². The monoisotopic (exact) mass is 275 g/mol. The molecule has 1 aromatic heterocycles. The summed E-state index contributed by atoms with van der Waals surface area (Å²) in [5.74, 6) is 1.49. The summed E-state index contributed by atoms with van der Waals surface area (Å²) >= 11 is 0. The van der Waals surface area contributed by atoms with Crippen LogP contribution in [0, 0.1) is 5.92 Å². The van der Waals surface area contributed by atoms with Crippen LogP contribution in [0.5, 0.6) is 0 Å². The second-order valence-corrected chi connectivity index (χ2v) is 5.61. The number of carbonyl (C=O) groups is 1. The van der Waals surface area contributed by atoms with Gasteiger partial charge in [0.2, 0.25) is 0 Å². The first-order chi connectivity index (χ1) is 9.63. The molecule has 1 aromatic rings. The molecule has 0 bridgehead atoms. The van der Waals surface area contributed by atoms with Crippen molar-refractivity contribution in [3.8, 4) is 0 Å². The molecule has 0 saturated heterocycles. The van der Waals surface area contributed by atoms with Crippen molar-refractivity contribution in [2.24, 2.45) is 5.92 Å². The molecule has 110 valence electrons. The highest BCUT2D eigenvalue weighted by Gasteiger charge is 2.29. The van der Waals surface area contributed by atoms with Gasteiger partial charge < -0.3 is 10.6 Å². The molecular formula is C16H25N3O. The molecule has 1 unspecified atom stereocenters. The molecule has 4 nitrogen and oxygen atoms in total. The lowest BCUT2D eigenvalue weighted by Gasteiger charge is -2.14. The minimum Gasteiger partial charge on any atom is -0.370 e. The summed E-state index contributed by atoms with van der Waals surface area (Å²) in [5.41, 5.74) is 1.67. The van der Waals surface area contributed by atoms with Crippen molar-refractivity contribution in [2.45, 2.75) is 52.5 Å². The first-order valence-corrected chi connectivity index (χ1v) is 7.69. The zero-order chi connectivity index (χ0) is 14.5. The average Bonchev–Trinajstić information content (AvgIpc) is 3.29. The van der Waals surface area contributed by atoms with Gasteiger partial charge in [0.15, 0.2) is 0 Å². The van der Waals surface area contributed by atoms with Crippen molar-refractivity contribution in [2.75, 3.05) is 11.9 Å². The van der Waals surface area contributed by atoms with Crippen LogP contribution in [0.25, 0.3) is 0 Å². The number of nitrogens with zero attached hydrogens (tertiary/aromatic N) is 1. The molecule has 1 aliphatic carbocycles. The second kappa shape index (κ2) is 6.73. The summed E-state index contributed by atoms with van der Waals surface area (Å²) in [7, 11) is 0. The van der Waals surface area contributed by atoms with Gasteiger partial charge in [0, 0.05) is 23.8 Å². The number of carbonyl (C=O) groups excluding carboxylic acids is 1. The van der Waals surface area contributed by atoms with Gasteiger partial charge in [0.25, 0.3) is 5.91 Å². The molecule has 1 aliphatic rings. The maximum atomic E-state index is 12.3. The topological polar surface area (TPSA) is 54.0 Å². The third kappa shape index (κ3) is 3.95. The Bertz CT molecular complexity index is 469. The van der Waals surface area contributed by atoms with Gasteiger partial charge in [-0.15, -0.1) is 0 Å². The molecule has 1 saturated carbocycles. The predicted octanol–water partition coefficient (Wildman–Crippen LogP) is 2.99. The molecule has 2 rings (SSSR count). The second-order valence-electron chi connectivity index (χ2n) is 5.61. The normalized spacial score (nSPS) is 15.8. The molecule has 20 heavy (non-hydrogen) atoms. The number of aromatic nitrogens is 1. The summed E-state index contributed by atoms with van der Waals surface area (Å²) in [6, 6.07) is 4.02. The summed E-state index contributed by atoms with van der Waals surface area (Å²) in [6.45, 7) is 7.13. The van der Waals surface area contributed by atoms with Gasteiger partial charge in [0.05, 0.1) is 0 Å². The molecule has 0 radical (unpaired) electrons. The number of amides is 1. The van der Waals surface area contributed by atoms with Crippen molar-refractivity contribution < 1.29 is 4.79 Å². The lowest BCUT2D eigenvalue weighted by molar-refractivity contribution is 0.0935. The maximum absolute atomic E-state index is 12.3. The molecule has 0 spiro atoms. The van der Waals surface area contributed by atoms with Crippen LogP contribution in [0.2, 0.25) is 0 Å². The Morgan fingerprint density at radius 2 is 2.15 bits per heavy atom. The fourth-order valence-electron chi connectivity index (χ4n) is 2.25. The third-order valence-electron chi connectivity index (χ3n) is 3.75. The molecular weight excluding hydrogens is 250 g/mol. The largest absolute Gasteiger partial charge is 0.370 e. The van der Waals surface area contributed by atoms with Gasteiger partial charge >= 0.3 is 0 Å². The Labute approximate surface area is 121 Å². The van der Waals surface area contributed by atoms with E-state index < -0.39 is 0 Å². The molecule has 1 heterocycles. The Morgan fingerprint density at radius 3 is 2.75 bits per heavy atom. The van der Waals surface area contributed by atoms with Gasteiger partial charge in [-0.1, -0.05) is 13.8 Å². The lowest BCUT2D eigenvalue weighted by atomic mass is 10.1. The highest BCUT2D eigenvalue weighted by molar-refractivity contribution is 5.95. The number of pyridine rings is 1. The number of rotatable bonds is 7. The summed E-state index contributed by atoms with van der Waals surface area (Å²) in [5, 5.41) is 6.36. The van der Waals surface area contributed by atoms with Crippen LogP contribution in [-0.4, -0.2) is 23.5 Å². The summed E-state index contributed by atoms with van der Waals surface area (Å²) < 4.78 is 0. The number of hydrogen-bond donors (Lipinski definition) is 2. The molecule has 2 N–H and O–H groups in total. The highest BCUT2D eigenvalue weighted by Crippen LogP contribution is 2.32. The number of anilines is 1. The van der Waals surface area contributed by atoms with E-state index >= 15 is 0 Å². The SMILES string of the molecule is CCCNc1cc(C(=O)NC(C)C2CC2)cc(CC)n1. The average molecular weight is 275 g/mol. The van der Waals surface area contributed by atoms with E-state index in [1.165, 1.54) is 12.8 Å². The summed E-state index contributed by atoms with van der Waals surface area (Å²) in [6.07, 6.45) is 4.35. The fourth-order valence-corrected chi connectivity index (χ4v) is 2.25. The van der Waals surface area contributed by atoms with Crippen molar-refractivity contribution in [3.63, 3.8) is 0 Å². The number of hydrogen-bond acceptors (Lipinski definition) is 3. The van der Waals surface area contributed by atoms with E-state index in [1.807, 2.05) is 12.1 Å². The smallest absolute Gasteiger partial charge is 0.251 e. The van der Waals surface area contributed by atoms with Crippen LogP contribution in [0.4, 0.5) is 5.82 Å². The van der Waals surface area contributed by atoms with Crippen LogP contribution in [0.15, 0.2) is 12.1 Å². The lowest BCUT2D eigenvalue weighted by Crippen LogP contribution is -2.34. The molecule has 4 heteroatoms. The molecule has 0 aliphatic heterocycles. The number of aryl methyl sites for hydroxylation is 1. The van der Waals surface area contributed by atoms with Gasteiger partial charge in [-0.2, -0.15) is 0 Å². The predicted molar refractivity (Wildman–Crippen MR) is 82.0 cm³/mol. The fraction of sp³-hybridized carbons (Fsp3) is 0.625. The quantitative estimate of drug-likeness (QED) is 0.804. The molecule has 1 atom stereocenters. The Balaban J connectivity index is 2.09. The zero-order valence-electron chi connectivity index (χ0n) is 12.7. The molecule has 0 aromatic carbocycles. The van der Waals surface area contributed by atoms with Crippen LogP contribution in [-0.2, 0) is 6.42 Å². The van der Waals surface area contributed by atoms with Crippen molar-refractivity contribution >= 4 is 11.7 Å². The van der Waals surface area contributed by atoms with Crippen molar-refractivity contribution in [1.82, 2.24) is 10.3 Å². The maximum Gasteiger partial charge on any atom is 0.251 e. The van der Waals surface area contributed by atoms with Crippen molar-refractivity contribution in [1.29, 1.82) is 0 Å². The standard InChI is InChI=1S/C16H25N3O/c1-4-8-17-15-10-13(9-14(5-2)19-15)16(20)18-11(3)12-6-7-12/h9-12H,4-8H2,1-3H3,(H,17,19)(H,18,20). The van der Waals surface area contributed by atoms with E-state index in [4.69, 9.17) is 0 Å². The van der Waals surface area contributed by atoms with E-state index in [0.717, 1.165) is 30.9 Å². The van der Waals surface area contributed by atoms with Crippen LogP contribution in [0.3, 0.4) is 0 Å². The van der Waals surface area contributed by atoms with Gasteiger partial charge in [-0.3, -0.25) is 4.79 Å². The van der Waals surface area contributed by atoms with E-state index in [2.05, 4.69) is 36.4 Å².